The van der Waals surface area contributed by atoms with E-state index in [-0.39, 0.29) is 25.4 Å². The van der Waals surface area contributed by atoms with Crippen LogP contribution < -0.4 is 10.6 Å². The minimum Gasteiger partial charge on any atom is -0.468 e. The Balaban J connectivity index is 3.57. The summed E-state index contributed by atoms with van der Waals surface area (Å²) >= 11 is 5.40. The summed E-state index contributed by atoms with van der Waals surface area (Å²) < 4.78 is 4.32. The van der Waals surface area contributed by atoms with E-state index in [1.165, 1.54) is 7.11 Å². The van der Waals surface area contributed by atoms with Gasteiger partial charge in [-0.3, -0.25) is 14.4 Å². The molecule has 0 saturated heterocycles. The first kappa shape index (κ1) is 14.7. The number of alkyl halides is 1. The maximum Gasteiger partial charge on any atom is 0.325 e. The van der Waals surface area contributed by atoms with Crippen LogP contribution in [0.25, 0.3) is 0 Å². The Kier molecular flexibility index (Phi) is 8.24. The summed E-state index contributed by atoms with van der Waals surface area (Å²) in [5, 5.41) is 4.69. The zero-order valence-electron chi connectivity index (χ0n) is 9.05. The predicted octanol–water partition coefficient (Wildman–Crippen LogP) is -0.589. The molecule has 0 saturated carbocycles. The first-order chi connectivity index (χ1) is 7.60. The molecule has 0 aromatic rings. The standard InChI is InChI=1S/C9H15ClN2O4/c1-16-9(15)6-12-8(14)5-11-7(13)3-2-4-10/h2-6H2,1H3,(H,11,13)(H,12,14). The van der Waals surface area contributed by atoms with Crippen molar-refractivity contribution in [2.24, 2.45) is 0 Å². The molecule has 6 nitrogen and oxygen atoms in total. The van der Waals surface area contributed by atoms with Gasteiger partial charge >= 0.3 is 5.97 Å². The van der Waals surface area contributed by atoms with Gasteiger partial charge in [0.15, 0.2) is 0 Å². The third-order valence-corrected chi connectivity index (χ3v) is 1.91. The molecule has 0 bridgehead atoms. The summed E-state index contributed by atoms with van der Waals surface area (Å²) in [6.07, 6.45) is 0.852. The van der Waals surface area contributed by atoms with E-state index in [0.717, 1.165) is 0 Å². The molecule has 7 heteroatoms. The molecule has 0 aliphatic rings. The topological polar surface area (TPSA) is 84.5 Å². The number of carbonyl (C=O) groups excluding carboxylic acids is 3. The van der Waals surface area contributed by atoms with Crippen molar-refractivity contribution in [1.29, 1.82) is 0 Å². The molecule has 0 unspecified atom stereocenters. The van der Waals surface area contributed by atoms with E-state index in [4.69, 9.17) is 11.6 Å². The molecule has 0 rings (SSSR count). The van der Waals surface area contributed by atoms with Crippen molar-refractivity contribution in [3.05, 3.63) is 0 Å². The van der Waals surface area contributed by atoms with Crippen LogP contribution in [0.4, 0.5) is 0 Å². The highest BCUT2D eigenvalue weighted by molar-refractivity contribution is 6.17. The van der Waals surface area contributed by atoms with Crippen LogP contribution in [-0.4, -0.2) is 43.9 Å². The van der Waals surface area contributed by atoms with E-state index < -0.39 is 11.9 Å². The Morgan fingerprint density at radius 2 is 1.75 bits per heavy atom. The maximum absolute atomic E-state index is 11.1. The molecule has 0 heterocycles. The molecule has 0 atom stereocenters. The van der Waals surface area contributed by atoms with Gasteiger partial charge in [0, 0.05) is 12.3 Å². The van der Waals surface area contributed by atoms with Gasteiger partial charge in [0.1, 0.15) is 6.54 Å². The van der Waals surface area contributed by atoms with E-state index in [0.29, 0.717) is 12.3 Å². The molecule has 16 heavy (non-hydrogen) atoms. The van der Waals surface area contributed by atoms with Gasteiger partial charge in [-0.15, -0.1) is 11.6 Å². The Morgan fingerprint density at radius 1 is 1.12 bits per heavy atom. The van der Waals surface area contributed by atoms with Gasteiger partial charge < -0.3 is 15.4 Å². The number of esters is 1. The lowest BCUT2D eigenvalue weighted by atomic mass is 10.3. The fraction of sp³-hybridized carbons (Fsp3) is 0.667. The second kappa shape index (κ2) is 8.96. The van der Waals surface area contributed by atoms with Gasteiger partial charge in [0.05, 0.1) is 13.7 Å². The largest absolute Gasteiger partial charge is 0.468 e. The lowest BCUT2D eigenvalue weighted by Gasteiger charge is -2.05. The second-order valence-corrected chi connectivity index (χ2v) is 3.30. The number of rotatable bonds is 7. The van der Waals surface area contributed by atoms with Gasteiger partial charge in [-0.05, 0) is 6.42 Å². The monoisotopic (exact) mass is 250 g/mol. The lowest BCUT2D eigenvalue weighted by molar-refractivity contribution is -0.141. The molecule has 0 radical (unpaired) electrons. The molecule has 0 aromatic heterocycles. The first-order valence-corrected chi connectivity index (χ1v) is 5.29. The van der Waals surface area contributed by atoms with Crippen molar-refractivity contribution < 1.29 is 19.1 Å². The smallest absolute Gasteiger partial charge is 0.325 e. The second-order valence-electron chi connectivity index (χ2n) is 2.92. The van der Waals surface area contributed by atoms with Crippen LogP contribution in [0.2, 0.25) is 0 Å². The van der Waals surface area contributed by atoms with Gasteiger partial charge in [-0.1, -0.05) is 0 Å². The van der Waals surface area contributed by atoms with Crippen LogP contribution in [0.5, 0.6) is 0 Å². The molecule has 0 aliphatic carbocycles. The number of nitrogens with one attached hydrogen (secondary N) is 2. The van der Waals surface area contributed by atoms with E-state index >= 15 is 0 Å². The van der Waals surface area contributed by atoms with Crippen molar-refractivity contribution in [2.75, 3.05) is 26.1 Å². The van der Waals surface area contributed by atoms with Gasteiger partial charge in [-0.2, -0.15) is 0 Å². The third kappa shape index (κ3) is 8.05. The molecule has 92 valence electrons. The van der Waals surface area contributed by atoms with Gasteiger partial charge in [0.2, 0.25) is 11.8 Å². The average molecular weight is 251 g/mol. The van der Waals surface area contributed by atoms with Gasteiger partial charge in [-0.25, -0.2) is 0 Å². The van der Waals surface area contributed by atoms with Crippen LogP contribution in [0.15, 0.2) is 0 Å². The molecular weight excluding hydrogens is 236 g/mol. The van der Waals surface area contributed by atoms with Crippen molar-refractivity contribution in [1.82, 2.24) is 10.6 Å². The summed E-state index contributed by atoms with van der Waals surface area (Å²) in [5.74, 6) is -0.817. The highest BCUT2D eigenvalue weighted by atomic mass is 35.5. The Morgan fingerprint density at radius 3 is 2.31 bits per heavy atom. The highest BCUT2D eigenvalue weighted by Gasteiger charge is 2.06. The van der Waals surface area contributed by atoms with Crippen LogP contribution >= 0.6 is 11.6 Å². The number of hydrogen-bond donors (Lipinski definition) is 2. The molecule has 2 amide bonds. The van der Waals surface area contributed by atoms with Crippen molar-refractivity contribution >= 4 is 29.4 Å². The maximum atomic E-state index is 11.1. The summed E-state index contributed by atoms with van der Waals surface area (Å²) in [6, 6.07) is 0. The number of hydrogen-bond acceptors (Lipinski definition) is 4. The Bertz CT molecular complexity index is 258. The first-order valence-electron chi connectivity index (χ1n) is 4.76. The predicted molar refractivity (Wildman–Crippen MR) is 58.0 cm³/mol. The Labute approximate surface area is 98.7 Å². The summed E-state index contributed by atoms with van der Waals surface area (Å²) in [7, 11) is 1.22. The molecule has 0 aliphatic heterocycles. The fourth-order valence-corrected chi connectivity index (χ4v) is 0.934. The number of carbonyl (C=O) groups is 3. The minimum atomic E-state index is -0.540. The fourth-order valence-electron chi connectivity index (χ4n) is 0.800. The van der Waals surface area contributed by atoms with Crippen molar-refractivity contribution in [3.63, 3.8) is 0 Å². The molecule has 0 fully saturated rings. The lowest BCUT2D eigenvalue weighted by Crippen LogP contribution is -2.39. The van der Waals surface area contributed by atoms with Crippen LogP contribution in [0.1, 0.15) is 12.8 Å². The number of ether oxygens (including phenoxy) is 1. The SMILES string of the molecule is COC(=O)CNC(=O)CNC(=O)CCCCl. The number of methoxy groups -OCH3 is 1. The molecule has 2 N–H and O–H groups in total. The third-order valence-electron chi connectivity index (χ3n) is 1.64. The van der Waals surface area contributed by atoms with Crippen molar-refractivity contribution in [2.45, 2.75) is 12.8 Å². The number of amides is 2. The summed E-state index contributed by atoms with van der Waals surface area (Å²) in [6.45, 7) is -0.356. The Hall–Kier alpha value is -1.30. The van der Waals surface area contributed by atoms with E-state index in [1.807, 2.05) is 0 Å². The molecular formula is C9H15ClN2O4. The molecule has 0 spiro atoms. The molecule has 0 aromatic carbocycles. The highest BCUT2D eigenvalue weighted by Crippen LogP contribution is 1.90. The quantitative estimate of drug-likeness (QED) is 0.467. The average Bonchev–Trinajstić information content (AvgIpc) is 2.30. The van der Waals surface area contributed by atoms with E-state index in [9.17, 15) is 14.4 Å². The number of halogens is 1. The minimum absolute atomic E-state index is 0.155. The van der Waals surface area contributed by atoms with Crippen molar-refractivity contribution in [3.8, 4) is 0 Å². The zero-order chi connectivity index (χ0) is 12.4. The van der Waals surface area contributed by atoms with E-state index in [2.05, 4.69) is 15.4 Å². The van der Waals surface area contributed by atoms with Gasteiger partial charge in [0.25, 0.3) is 0 Å². The van der Waals surface area contributed by atoms with Crippen LogP contribution in [0, 0.1) is 0 Å². The summed E-state index contributed by atoms with van der Waals surface area (Å²) in [4.78, 5) is 32.8. The van der Waals surface area contributed by atoms with E-state index in [1.54, 1.807) is 0 Å². The van der Waals surface area contributed by atoms with Crippen LogP contribution in [0.3, 0.4) is 0 Å². The summed E-state index contributed by atoms with van der Waals surface area (Å²) in [5.41, 5.74) is 0. The zero-order valence-corrected chi connectivity index (χ0v) is 9.80. The van der Waals surface area contributed by atoms with Crippen LogP contribution in [-0.2, 0) is 19.1 Å². The normalized spacial score (nSPS) is 9.38.